The van der Waals surface area contributed by atoms with Gasteiger partial charge in [0.2, 0.25) is 6.29 Å². The van der Waals surface area contributed by atoms with Gasteiger partial charge in [0.1, 0.15) is 0 Å². The van der Waals surface area contributed by atoms with Crippen molar-refractivity contribution in [2.75, 3.05) is 6.54 Å². The molecule has 0 aromatic heterocycles. The average Bonchev–Trinajstić information content (AvgIpc) is 3.48. The largest absolute Gasteiger partial charge is 0.459 e. The van der Waals surface area contributed by atoms with Gasteiger partial charge < -0.3 is 19.9 Å². The van der Waals surface area contributed by atoms with Crippen LogP contribution in [0.25, 0.3) is 0 Å². The predicted octanol–water partition coefficient (Wildman–Crippen LogP) is 3.51. The third-order valence-corrected chi connectivity index (χ3v) is 5.28. The molecule has 2 aliphatic rings. The van der Waals surface area contributed by atoms with Crippen LogP contribution in [0.2, 0.25) is 0 Å². The van der Waals surface area contributed by atoms with Gasteiger partial charge in [-0.15, -0.1) is 0 Å². The average molecular weight is 373 g/mol. The fourth-order valence-corrected chi connectivity index (χ4v) is 3.10. The number of aliphatic hydroxyl groups excluding tert-OH is 1. The van der Waals surface area contributed by atoms with Crippen molar-refractivity contribution in [1.29, 1.82) is 0 Å². The quantitative estimate of drug-likeness (QED) is 0.767. The number of ether oxygens (including phenoxy) is 2. The monoisotopic (exact) mass is 373 g/mol. The third-order valence-electron chi connectivity index (χ3n) is 5.28. The third kappa shape index (κ3) is 5.81. The van der Waals surface area contributed by atoms with E-state index in [0.717, 1.165) is 24.1 Å². The molecule has 148 valence electrons. The Morgan fingerprint density at radius 1 is 1.22 bits per heavy atom. The molecular weight excluding hydrogens is 342 g/mol. The highest BCUT2D eigenvalue weighted by molar-refractivity contribution is 5.91. The van der Waals surface area contributed by atoms with Crippen LogP contribution >= 0.6 is 0 Å². The minimum absolute atomic E-state index is 0.0240. The lowest BCUT2D eigenvalue weighted by molar-refractivity contribution is -0.157. The number of aliphatic hydroxyl groups is 1. The van der Waals surface area contributed by atoms with Gasteiger partial charge >= 0.3 is 0 Å². The lowest BCUT2D eigenvalue weighted by Gasteiger charge is -2.36. The Kier molecular flexibility index (Phi) is 6.22. The van der Waals surface area contributed by atoms with E-state index in [4.69, 9.17) is 14.6 Å². The van der Waals surface area contributed by atoms with Crippen LogP contribution in [0.4, 0.5) is 0 Å². The zero-order chi connectivity index (χ0) is 19.4. The van der Waals surface area contributed by atoms with Gasteiger partial charge in [0.05, 0.1) is 13.2 Å². The number of nitrogens with one attached hydrogen (secondary N) is 1. The van der Waals surface area contributed by atoms with Crippen LogP contribution in [0.3, 0.4) is 0 Å². The molecule has 5 nitrogen and oxygen atoms in total. The van der Waals surface area contributed by atoms with Crippen LogP contribution in [0, 0.1) is 17.3 Å². The molecule has 0 bridgehead atoms. The molecule has 1 aliphatic carbocycles. The summed E-state index contributed by atoms with van der Waals surface area (Å²) in [6.07, 6.45) is 4.63. The van der Waals surface area contributed by atoms with Crippen LogP contribution in [-0.4, -0.2) is 23.8 Å². The maximum atomic E-state index is 12.5. The zero-order valence-electron chi connectivity index (χ0n) is 16.5. The van der Waals surface area contributed by atoms with Gasteiger partial charge in [-0.25, -0.2) is 0 Å². The van der Waals surface area contributed by atoms with E-state index >= 15 is 0 Å². The second kappa shape index (κ2) is 8.44. The molecule has 0 radical (unpaired) electrons. The maximum Gasteiger partial charge on any atom is 0.286 e. The number of hydrogen-bond donors (Lipinski definition) is 2. The van der Waals surface area contributed by atoms with Crippen molar-refractivity contribution < 1.29 is 19.4 Å². The van der Waals surface area contributed by atoms with Gasteiger partial charge in [-0.2, -0.15) is 0 Å². The van der Waals surface area contributed by atoms with Crippen molar-refractivity contribution >= 4 is 5.91 Å². The van der Waals surface area contributed by atoms with E-state index < -0.39 is 6.29 Å². The van der Waals surface area contributed by atoms with Crippen molar-refractivity contribution in [3.8, 4) is 0 Å². The van der Waals surface area contributed by atoms with E-state index in [-0.39, 0.29) is 23.8 Å². The molecule has 5 heteroatoms. The van der Waals surface area contributed by atoms with Gasteiger partial charge in [-0.1, -0.05) is 45.0 Å². The normalized spacial score (nSPS) is 22.7. The molecule has 0 spiro atoms. The SMILES string of the molecule is CC(C)(C)[C@@H]1C=C(C(=O)NCC2CC2)O[C@H](OCc2ccc(CO)cc2)C1. The Labute approximate surface area is 161 Å². The molecule has 1 fully saturated rings. The Balaban J connectivity index is 1.62. The van der Waals surface area contributed by atoms with E-state index in [1.54, 1.807) is 0 Å². The Hall–Kier alpha value is -1.85. The summed E-state index contributed by atoms with van der Waals surface area (Å²) in [6, 6.07) is 7.65. The summed E-state index contributed by atoms with van der Waals surface area (Å²) in [4.78, 5) is 12.5. The highest BCUT2D eigenvalue weighted by atomic mass is 16.7. The number of carbonyl (C=O) groups excluding carboxylic acids is 1. The predicted molar refractivity (Wildman–Crippen MR) is 103 cm³/mol. The first kappa shape index (κ1) is 19.9. The number of amides is 1. The zero-order valence-corrected chi connectivity index (χ0v) is 16.5. The smallest absolute Gasteiger partial charge is 0.286 e. The minimum atomic E-state index is -0.446. The number of hydrogen-bond acceptors (Lipinski definition) is 4. The topological polar surface area (TPSA) is 67.8 Å². The first-order chi connectivity index (χ1) is 12.8. The fraction of sp³-hybridized carbons (Fsp3) is 0.591. The van der Waals surface area contributed by atoms with Gasteiger partial charge in [0.15, 0.2) is 5.76 Å². The van der Waals surface area contributed by atoms with E-state index in [1.807, 2.05) is 30.3 Å². The molecule has 27 heavy (non-hydrogen) atoms. The van der Waals surface area contributed by atoms with E-state index in [1.165, 1.54) is 12.8 Å². The van der Waals surface area contributed by atoms with Crippen molar-refractivity contribution in [3.63, 3.8) is 0 Å². The summed E-state index contributed by atoms with van der Waals surface area (Å²) in [6.45, 7) is 7.68. The van der Waals surface area contributed by atoms with Gasteiger partial charge in [0.25, 0.3) is 5.91 Å². The van der Waals surface area contributed by atoms with Crippen molar-refractivity contribution in [3.05, 3.63) is 47.2 Å². The summed E-state index contributed by atoms with van der Waals surface area (Å²) < 4.78 is 11.9. The summed E-state index contributed by atoms with van der Waals surface area (Å²) in [5.41, 5.74) is 1.91. The number of allylic oxidation sites excluding steroid dienone is 1. The van der Waals surface area contributed by atoms with E-state index in [0.29, 0.717) is 18.3 Å². The van der Waals surface area contributed by atoms with E-state index in [2.05, 4.69) is 26.1 Å². The van der Waals surface area contributed by atoms with Crippen molar-refractivity contribution in [2.24, 2.45) is 17.3 Å². The first-order valence-electron chi connectivity index (χ1n) is 9.82. The Morgan fingerprint density at radius 2 is 1.89 bits per heavy atom. The van der Waals surface area contributed by atoms with Gasteiger partial charge in [0, 0.05) is 13.0 Å². The Bertz CT molecular complexity index is 671. The maximum absolute atomic E-state index is 12.5. The van der Waals surface area contributed by atoms with Crippen molar-refractivity contribution in [2.45, 2.75) is 59.5 Å². The van der Waals surface area contributed by atoms with Crippen LogP contribution in [0.1, 0.15) is 51.2 Å². The lowest BCUT2D eigenvalue weighted by Crippen LogP contribution is -2.36. The molecule has 2 atom stereocenters. The molecule has 1 aliphatic heterocycles. The van der Waals surface area contributed by atoms with Crippen LogP contribution in [0.15, 0.2) is 36.1 Å². The van der Waals surface area contributed by atoms with Crippen molar-refractivity contribution in [1.82, 2.24) is 5.32 Å². The number of benzene rings is 1. The molecule has 1 amide bonds. The Morgan fingerprint density at radius 3 is 2.48 bits per heavy atom. The molecule has 1 heterocycles. The lowest BCUT2D eigenvalue weighted by atomic mass is 9.77. The minimum Gasteiger partial charge on any atom is -0.459 e. The van der Waals surface area contributed by atoms with Crippen LogP contribution in [0.5, 0.6) is 0 Å². The molecule has 3 rings (SSSR count). The summed E-state index contributed by atoms with van der Waals surface area (Å²) in [5, 5.41) is 12.1. The van der Waals surface area contributed by atoms with Gasteiger partial charge in [-0.05, 0) is 47.3 Å². The summed E-state index contributed by atoms with van der Waals surface area (Å²) >= 11 is 0. The van der Waals surface area contributed by atoms with Crippen LogP contribution < -0.4 is 5.32 Å². The van der Waals surface area contributed by atoms with Gasteiger partial charge in [-0.3, -0.25) is 4.79 Å². The second-order valence-electron chi connectivity index (χ2n) is 8.73. The molecule has 0 saturated heterocycles. The number of rotatable bonds is 7. The van der Waals surface area contributed by atoms with E-state index in [9.17, 15) is 4.79 Å². The highest BCUT2D eigenvalue weighted by Crippen LogP contribution is 2.36. The fourth-order valence-electron chi connectivity index (χ4n) is 3.10. The first-order valence-corrected chi connectivity index (χ1v) is 9.82. The second-order valence-corrected chi connectivity index (χ2v) is 8.73. The standard InChI is InChI=1S/C22H31NO4/c1-22(2,3)18-10-19(21(25)23-12-15-4-5-15)27-20(11-18)26-14-17-8-6-16(13-24)7-9-17/h6-10,15,18,20,24H,4-5,11-14H2,1-3H3,(H,23,25)/t18-,20+/m1/s1. The molecule has 1 aromatic rings. The molecule has 2 N–H and O–H groups in total. The number of carbonyl (C=O) groups is 1. The van der Waals surface area contributed by atoms with Crippen LogP contribution in [-0.2, 0) is 27.5 Å². The summed E-state index contributed by atoms with van der Waals surface area (Å²) in [5.74, 6) is 1.07. The highest BCUT2D eigenvalue weighted by Gasteiger charge is 2.34. The molecular formula is C22H31NO4. The molecule has 0 unspecified atom stereocenters. The summed E-state index contributed by atoms with van der Waals surface area (Å²) in [7, 11) is 0. The molecule has 1 aromatic carbocycles. The molecule has 1 saturated carbocycles.